The fourth-order valence-electron chi connectivity index (χ4n) is 5.89. The lowest BCUT2D eigenvalue weighted by Gasteiger charge is -2.44. The van der Waals surface area contributed by atoms with E-state index in [-0.39, 0.29) is 65.1 Å². The first kappa shape index (κ1) is 38.6. The summed E-state index contributed by atoms with van der Waals surface area (Å²) in [5, 5.41) is 39.7. The molecule has 15 heteroatoms. The average molecular weight is 686 g/mol. The van der Waals surface area contributed by atoms with Crippen LogP contribution in [0.4, 0.5) is 0 Å². The van der Waals surface area contributed by atoms with Crippen LogP contribution in [-0.4, -0.2) is 128 Å². The molecule has 0 amide bonds. The number of hydrogen-bond donors (Lipinski definition) is 4. The highest BCUT2D eigenvalue weighted by Gasteiger charge is 2.44. The van der Waals surface area contributed by atoms with E-state index < -0.39 is 66.5 Å². The van der Waals surface area contributed by atoms with Crippen LogP contribution in [0.15, 0.2) is 60.7 Å². The van der Waals surface area contributed by atoms with E-state index in [0.717, 1.165) is 16.0 Å². The molecule has 15 nitrogen and oxygen atoms in total. The second-order valence-corrected chi connectivity index (χ2v) is 12.2. The molecule has 4 N–H and O–H groups in total. The van der Waals surface area contributed by atoms with Gasteiger partial charge in [0.1, 0.15) is 25.3 Å². The predicted molar refractivity (Wildman–Crippen MR) is 172 cm³/mol. The molecular formula is C34H43N3O12. The molecule has 2 atom stereocenters. The maximum Gasteiger partial charge on any atom is 0.320 e. The third-order valence-corrected chi connectivity index (χ3v) is 8.36. The highest BCUT2D eigenvalue weighted by atomic mass is 16.5. The van der Waals surface area contributed by atoms with E-state index in [1.54, 1.807) is 55.5 Å². The number of aliphatic carboxylic acids is 4. The number of esters is 2. The minimum atomic E-state index is -1.39. The Labute approximate surface area is 283 Å². The number of carboxylic acids is 4. The number of carbonyl (C=O) groups excluding carboxylic acids is 2. The molecule has 0 radical (unpaired) electrons. The van der Waals surface area contributed by atoms with E-state index in [1.807, 2.05) is 12.1 Å². The minimum absolute atomic E-state index is 0.00384. The van der Waals surface area contributed by atoms with Gasteiger partial charge in [-0.3, -0.25) is 43.5 Å². The second-order valence-electron chi connectivity index (χ2n) is 12.2. The molecular weight excluding hydrogens is 642 g/mol. The molecule has 0 bridgehead atoms. The Morgan fingerprint density at radius 3 is 1.37 bits per heavy atom. The largest absolute Gasteiger partial charge is 0.480 e. The van der Waals surface area contributed by atoms with Crippen molar-refractivity contribution >= 4 is 35.8 Å². The Morgan fingerprint density at radius 2 is 1.04 bits per heavy atom. The van der Waals surface area contributed by atoms with Crippen molar-refractivity contribution in [2.45, 2.75) is 63.4 Å². The highest BCUT2D eigenvalue weighted by Crippen LogP contribution is 2.27. The number of carbonyl (C=O) groups is 6. The SMILES string of the molecule is CC1(N(CC(=O)O)CC(=O)O)CN([C@H](CCC(=O)OCc2ccccc2)C(=O)O)CCN([C@H](CCC(=O)OCc2ccccc2)C(=O)O)C1. The fourth-order valence-corrected chi connectivity index (χ4v) is 5.89. The molecule has 49 heavy (non-hydrogen) atoms. The van der Waals surface area contributed by atoms with Crippen molar-refractivity contribution in [3.63, 3.8) is 0 Å². The number of carboxylic acid groups (broad SMARTS) is 4. The molecule has 2 aromatic rings. The van der Waals surface area contributed by atoms with Crippen molar-refractivity contribution in [1.82, 2.24) is 14.7 Å². The maximum absolute atomic E-state index is 12.6. The Hall–Kier alpha value is -4.86. The fraction of sp³-hybridized carbons (Fsp3) is 0.471. The summed E-state index contributed by atoms with van der Waals surface area (Å²) in [5.74, 6) is -6.47. The van der Waals surface area contributed by atoms with Crippen molar-refractivity contribution in [2.75, 3.05) is 39.3 Å². The van der Waals surface area contributed by atoms with Crippen LogP contribution in [-0.2, 0) is 51.5 Å². The van der Waals surface area contributed by atoms with Gasteiger partial charge in [-0.2, -0.15) is 0 Å². The van der Waals surface area contributed by atoms with Gasteiger partial charge in [0.15, 0.2) is 0 Å². The van der Waals surface area contributed by atoms with Gasteiger partial charge < -0.3 is 29.9 Å². The smallest absolute Gasteiger partial charge is 0.320 e. The molecule has 0 spiro atoms. The third-order valence-electron chi connectivity index (χ3n) is 8.36. The lowest BCUT2D eigenvalue weighted by molar-refractivity contribution is -0.151. The van der Waals surface area contributed by atoms with E-state index >= 15 is 0 Å². The van der Waals surface area contributed by atoms with Crippen LogP contribution in [0.5, 0.6) is 0 Å². The normalized spacial score (nSPS) is 16.2. The van der Waals surface area contributed by atoms with Crippen LogP contribution in [0.1, 0.15) is 43.7 Å². The zero-order chi connectivity index (χ0) is 36.0. The van der Waals surface area contributed by atoms with Crippen LogP contribution >= 0.6 is 0 Å². The summed E-state index contributed by atoms with van der Waals surface area (Å²) in [6.45, 7) is -0.242. The van der Waals surface area contributed by atoms with Gasteiger partial charge >= 0.3 is 35.8 Å². The van der Waals surface area contributed by atoms with E-state index in [1.165, 1.54) is 9.80 Å². The van der Waals surface area contributed by atoms with Crippen molar-refractivity contribution in [3.05, 3.63) is 71.8 Å². The standard InChI is InChI=1S/C34H43N3O12/c1-34(37(18-28(38)39)19-29(40)41)22-35(26(32(44)45)12-14-30(42)48-20-24-8-4-2-5-9-24)16-17-36(23-34)27(33(46)47)13-15-31(43)49-21-25-10-6-3-7-11-25/h2-11,26-27H,12-23H2,1H3,(H,38,39)(H,40,41)(H,44,45)(H,46,47)/t26-,27-/m1/s1. The van der Waals surface area contributed by atoms with E-state index in [2.05, 4.69) is 0 Å². The van der Waals surface area contributed by atoms with Crippen molar-refractivity contribution in [2.24, 2.45) is 0 Å². The summed E-state index contributed by atoms with van der Waals surface area (Å²) >= 11 is 0. The monoisotopic (exact) mass is 685 g/mol. The summed E-state index contributed by atoms with van der Waals surface area (Å²) in [6.07, 6.45) is -0.853. The molecule has 0 aromatic heterocycles. The van der Waals surface area contributed by atoms with Crippen LogP contribution in [0.2, 0.25) is 0 Å². The van der Waals surface area contributed by atoms with Gasteiger partial charge in [0.2, 0.25) is 0 Å². The van der Waals surface area contributed by atoms with E-state index in [9.17, 15) is 49.2 Å². The quantitative estimate of drug-likeness (QED) is 0.155. The molecule has 3 rings (SSSR count). The van der Waals surface area contributed by atoms with Gasteiger partial charge in [-0.15, -0.1) is 0 Å². The lowest BCUT2D eigenvalue weighted by atomic mass is 9.95. The molecule has 1 fully saturated rings. The molecule has 266 valence electrons. The Bertz CT molecular complexity index is 1330. The predicted octanol–water partition coefficient (Wildman–Crippen LogP) is 1.79. The van der Waals surface area contributed by atoms with E-state index in [0.29, 0.717) is 0 Å². The number of hydrogen-bond acceptors (Lipinski definition) is 11. The number of ether oxygens (including phenoxy) is 2. The van der Waals surface area contributed by atoms with Crippen molar-refractivity contribution in [3.8, 4) is 0 Å². The van der Waals surface area contributed by atoms with Crippen LogP contribution < -0.4 is 0 Å². The van der Waals surface area contributed by atoms with Gasteiger partial charge in [-0.05, 0) is 30.9 Å². The number of rotatable bonds is 19. The summed E-state index contributed by atoms with van der Waals surface area (Å²) in [4.78, 5) is 78.0. The summed E-state index contributed by atoms with van der Waals surface area (Å²) < 4.78 is 10.6. The highest BCUT2D eigenvalue weighted by molar-refractivity contribution is 5.77. The lowest BCUT2D eigenvalue weighted by Crippen LogP contribution is -2.62. The topological polar surface area (TPSA) is 212 Å². The molecule has 1 heterocycles. The first-order valence-corrected chi connectivity index (χ1v) is 15.8. The van der Waals surface area contributed by atoms with Gasteiger partial charge in [0.25, 0.3) is 0 Å². The van der Waals surface area contributed by atoms with Gasteiger partial charge in [-0.1, -0.05) is 60.7 Å². The minimum Gasteiger partial charge on any atom is -0.480 e. The number of nitrogens with zero attached hydrogens (tertiary/aromatic N) is 3. The van der Waals surface area contributed by atoms with E-state index in [4.69, 9.17) is 9.47 Å². The summed E-state index contributed by atoms with van der Waals surface area (Å²) in [6, 6.07) is 15.3. The molecule has 0 aliphatic carbocycles. The van der Waals surface area contributed by atoms with Crippen LogP contribution in [0.3, 0.4) is 0 Å². The molecule has 1 saturated heterocycles. The first-order valence-electron chi connectivity index (χ1n) is 15.8. The molecule has 0 unspecified atom stereocenters. The van der Waals surface area contributed by atoms with Crippen LogP contribution in [0, 0.1) is 0 Å². The van der Waals surface area contributed by atoms with Gasteiger partial charge in [-0.25, -0.2) is 0 Å². The summed E-state index contributed by atoms with van der Waals surface area (Å²) in [5.41, 5.74) is 0.114. The Morgan fingerprint density at radius 1 is 0.673 bits per heavy atom. The first-order chi connectivity index (χ1) is 23.3. The van der Waals surface area contributed by atoms with Crippen molar-refractivity contribution < 1.29 is 58.7 Å². The Balaban J connectivity index is 1.81. The average Bonchev–Trinajstić information content (AvgIpc) is 3.22. The summed E-state index contributed by atoms with van der Waals surface area (Å²) in [7, 11) is 0. The van der Waals surface area contributed by atoms with Gasteiger partial charge in [0, 0.05) is 44.6 Å². The molecule has 1 aliphatic heterocycles. The number of benzene rings is 2. The van der Waals surface area contributed by atoms with Crippen molar-refractivity contribution in [1.29, 1.82) is 0 Å². The maximum atomic E-state index is 12.6. The van der Waals surface area contributed by atoms with Gasteiger partial charge in [0.05, 0.1) is 13.1 Å². The zero-order valence-electron chi connectivity index (χ0n) is 27.3. The van der Waals surface area contributed by atoms with Crippen LogP contribution in [0.25, 0.3) is 0 Å². The molecule has 0 saturated carbocycles. The molecule has 1 aliphatic rings. The molecule has 2 aromatic carbocycles. The Kier molecular flexibility index (Phi) is 14.7. The second kappa shape index (κ2) is 18.6. The third kappa shape index (κ3) is 12.6. The zero-order valence-corrected chi connectivity index (χ0v) is 27.3.